The van der Waals surface area contributed by atoms with E-state index in [0.717, 1.165) is 4.88 Å². The molecular weight excluding hydrogens is 384 g/mol. The van der Waals surface area contributed by atoms with Crippen molar-refractivity contribution in [1.29, 1.82) is 0 Å². The number of nitrogens with one attached hydrogen (secondary N) is 1. The maximum Gasteiger partial charge on any atom is 0.244 e. The van der Waals surface area contributed by atoms with Gasteiger partial charge in [0.2, 0.25) is 17.0 Å². The molecule has 1 N–H and O–H groups in total. The Morgan fingerprint density at radius 3 is 3.00 bits per heavy atom. The number of thiophene rings is 1. The molecule has 0 aliphatic carbocycles. The summed E-state index contributed by atoms with van der Waals surface area (Å²) in [5, 5.41) is 16.7. The van der Waals surface area contributed by atoms with E-state index in [1.807, 2.05) is 35.7 Å². The number of hydrogen-bond acceptors (Lipinski definition) is 7. The fourth-order valence-corrected chi connectivity index (χ4v) is 4.32. The molecule has 27 heavy (non-hydrogen) atoms. The highest BCUT2D eigenvalue weighted by molar-refractivity contribution is 8.00. The number of hydrogen-bond donors (Lipinski definition) is 1. The molecule has 2 aromatic heterocycles. The number of carbonyl (C=O) groups excluding carboxylic acids is 2. The first-order valence-corrected chi connectivity index (χ1v) is 10.0. The number of anilines is 2. The summed E-state index contributed by atoms with van der Waals surface area (Å²) < 4.78 is 1.68. The number of tetrazole rings is 1. The fourth-order valence-electron chi connectivity index (χ4n) is 2.79. The summed E-state index contributed by atoms with van der Waals surface area (Å²) in [5.74, 6) is -0.366. The fraction of sp³-hybridized carbons (Fsp3) is 0.235. The first kappa shape index (κ1) is 17.7. The van der Waals surface area contributed by atoms with Gasteiger partial charge in [0.05, 0.1) is 23.2 Å². The first-order valence-electron chi connectivity index (χ1n) is 8.27. The number of thioether (sulfide) groups is 1. The van der Waals surface area contributed by atoms with Gasteiger partial charge in [-0.25, -0.2) is 4.68 Å². The molecule has 138 valence electrons. The van der Waals surface area contributed by atoms with E-state index in [0.29, 0.717) is 23.1 Å². The van der Waals surface area contributed by atoms with E-state index in [9.17, 15) is 9.59 Å². The Bertz CT molecular complexity index is 971. The minimum atomic E-state index is -0.447. The van der Waals surface area contributed by atoms with Crippen LogP contribution in [0.15, 0.2) is 46.9 Å². The molecule has 1 atom stereocenters. The topological polar surface area (TPSA) is 93.0 Å². The Balaban J connectivity index is 1.51. The summed E-state index contributed by atoms with van der Waals surface area (Å²) >= 11 is 2.91. The van der Waals surface area contributed by atoms with Gasteiger partial charge >= 0.3 is 0 Å². The molecule has 3 heterocycles. The van der Waals surface area contributed by atoms with Crippen LogP contribution in [0, 0.1) is 0 Å². The van der Waals surface area contributed by atoms with Crippen LogP contribution < -0.4 is 10.2 Å². The zero-order chi connectivity index (χ0) is 18.8. The van der Waals surface area contributed by atoms with Gasteiger partial charge in [0, 0.05) is 4.88 Å². The van der Waals surface area contributed by atoms with E-state index in [1.165, 1.54) is 16.7 Å². The van der Waals surface area contributed by atoms with Crippen LogP contribution in [0.5, 0.6) is 0 Å². The average molecular weight is 400 g/mol. The summed E-state index contributed by atoms with van der Waals surface area (Å²) in [5.41, 5.74) is 1.34. The van der Waals surface area contributed by atoms with Gasteiger partial charge in [-0.15, -0.1) is 16.4 Å². The van der Waals surface area contributed by atoms with Crippen molar-refractivity contribution < 1.29 is 9.59 Å². The van der Waals surface area contributed by atoms with Crippen molar-refractivity contribution in [3.05, 3.63) is 46.7 Å². The molecule has 10 heteroatoms. The second kappa shape index (κ2) is 7.49. The minimum absolute atomic E-state index is 0.000875. The normalized spacial score (nSPS) is 14.6. The summed E-state index contributed by atoms with van der Waals surface area (Å²) in [6, 6.07) is 11.3. The Morgan fingerprint density at radius 2 is 2.19 bits per heavy atom. The van der Waals surface area contributed by atoms with Gasteiger partial charge in [-0.3, -0.25) is 14.5 Å². The van der Waals surface area contributed by atoms with Gasteiger partial charge in [-0.1, -0.05) is 30.0 Å². The van der Waals surface area contributed by atoms with E-state index in [-0.39, 0.29) is 18.4 Å². The largest absolute Gasteiger partial charge is 0.323 e. The lowest BCUT2D eigenvalue weighted by Crippen LogP contribution is -2.45. The lowest BCUT2D eigenvalue weighted by molar-refractivity contribution is -0.121. The third kappa shape index (κ3) is 3.71. The average Bonchev–Trinajstić information content (AvgIpc) is 3.33. The van der Waals surface area contributed by atoms with Crippen LogP contribution in [-0.4, -0.2) is 43.8 Å². The van der Waals surface area contributed by atoms with Crippen LogP contribution in [-0.2, 0) is 16.1 Å². The first-order chi connectivity index (χ1) is 13.1. The van der Waals surface area contributed by atoms with Crippen LogP contribution in [0.4, 0.5) is 11.4 Å². The Labute approximate surface area is 163 Å². The van der Waals surface area contributed by atoms with Crippen molar-refractivity contribution in [3.8, 4) is 0 Å². The van der Waals surface area contributed by atoms with Gasteiger partial charge < -0.3 is 5.32 Å². The second-order valence-corrected chi connectivity index (χ2v) is 8.29. The van der Waals surface area contributed by atoms with Crippen LogP contribution in [0.1, 0.15) is 11.8 Å². The molecule has 8 nitrogen and oxygen atoms in total. The van der Waals surface area contributed by atoms with E-state index in [4.69, 9.17) is 0 Å². The number of para-hydroxylation sites is 2. The molecule has 1 aromatic carbocycles. The predicted octanol–water partition coefficient (Wildman–Crippen LogP) is 2.25. The number of carbonyl (C=O) groups is 2. The third-order valence-electron chi connectivity index (χ3n) is 4.05. The van der Waals surface area contributed by atoms with Crippen LogP contribution in [0.3, 0.4) is 0 Å². The molecule has 0 radical (unpaired) electrons. The number of amides is 2. The van der Waals surface area contributed by atoms with E-state index in [2.05, 4.69) is 20.8 Å². The molecule has 0 saturated carbocycles. The van der Waals surface area contributed by atoms with Crippen molar-refractivity contribution in [2.45, 2.75) is 23.9 Å². The second-order valence-electron chi connectivity index (χ2n) is 5.95. The van der Waals surface area contributed by atoms with Crippen LogP contribution in [0.25, 0.3) is 0 Å². The monoisotopic (exact) mass is 400 g/mol. The Hall–Kier alpha value is -2.72. The predicted molar refractivity (Wildman–Crippen MR) is 104 cm³/mol. The number of rotatable bonds is 5. The minimum Gasteiger partial charge on any atom is -0.323 e. The van der Waals surface area contributed by atoms with Crippen molar-refractivity contribution in [2.75, 3.05) is 16.8 Å². The summed E-state index contributed by atoms with van der Waals surface area (Å²) in [7, 11) is 0. The lowest BCUT2D eigenvalue weighted by Gasteiger charge is -2.30. The van der Waals surface area contributed by atoms with Crippen LogP contribution >= 0.6 is 23.1 Å². The highest BCUT2D eigenvalue weighted by Gasteiger charge is 2.30. The number of benzene rings is 1. The van der Waals surface area contributed by atoms with Gasteiger partial charge in [-0.2, -0.15) is 0 Å². The quantitative estimate of drug-likeness (QED) is 0.661. The summed E-state index contributed by atoms with van der Waals surface area (Å²) in [6.07, 6.45) is 0. The number of aromatic nitrogens is 4. The zero-order valence-corrected chi connectivity index (χ0v) is 16.0. The maximum atomic E-state index is 13.0. The van der Waals surface area contributed by atoms with Gasteiger partial charge in [-0.05, 0) is 40.9 Å². The molecule has 1 aliphatic heterocycles. The molecule has 0 fully saturated rings. The Morgan fingerprint density at radius 1 is 1.33 bits per heavy atom. The number of nitrogens with zero attached hydrogens (tertiary/aromatic N) is 5. The third-order valence-corrected chi connectivity index (χ3v) is 5.97. The summed E-state index contributed by atoms with van der Waals surface area (Å²) in [4.78, 5) is 27.6. The lowest BCUT2D eigenvalue weighted by atomic mass is 10.2. The molecule has 0 spiro atoms. The van der Waals surface area contributed by atoms with Crippen LogP contribution in [0.2, 0.25) is 0 Å². The van der Waals surface area contributed by atoms with Crippen molar-refractivity contribution >= 4 is 46.3 Å². The molecule has 2 amide bonds. The maximum absolute atomic E-state index is 13.0. The Kier molecular flexibility index (Phi) is 4.90. The van der Waals surface area contributed by atoms with E-state index >= 15 is 0 Å². The SMILES string of the molecule is C[C@H](Sc1nnnn1Cc1cccs1)C(=O)N1CC(=O)Nc2ccccc21. The van der Waals surface area contributed by atoms with Crippen molar-refractivity contribution in [2.24, 2.45) is 0 Å². The highest BCUT2D eigenvalue weighted by Crippen LogP contribution is 2.31. The van der Waals surface area contributed by atoms with Gasteiger partial charge in [0.1, 0.15) is 6.54 Å². The van der Waals surface area contributed by atoms with E-state index < -0.39 is 5.25 Å². The highest BCUT2D eigenvalue weighted by atomic mass is 32.2. The molecule has 3 aromatic rings. The standard InChI is InChI=1S/C17H16N6O2S2/c1-11(27-17-19-20-21-23(17)9-12-5-4-8-26-12)16(25)22-10-15(24)18-13-6-2-3-7-14(13)22/h2-8,11H,9-10H2,1H3,(H,18,24)/t11-/m0/s1. The van der Waals surface area contributed by atoms with E-state index in [1.54, 1.807) is 29.0 Å². The van der Waals surface area contributed by atoms with Crippen molar-refractivity contribution in [1.82, 2.24) is 20.2 Å². The smallest absolute Gasteiger partial charge is 0.244 e. The van der Waals surface area contributed by atoms with Gasteiger partial charge in [0.25, 0.3) is 0 Å². The molecule has 0 unspecified atom stereocenters. The molecule has 1 aliphatic rings. The number of fused-ring (bicyclic) bond motifs is 1. The molecule has 0 saturated heterocycles. The molecule has 4 rings (SSSR count). The van der Waals surface area contributed by atoms with Gasteiger partial charge in [0.15, 0.2) is 0 Å². The van der Waals surface area contributed by atoms with Crippen molar-refractivity contribution in [3.63, 3.8) is 0 Å². The molecular formula is C17H16N6O2S2. The summed E-state index contributed by atoms with van der Waals surface area (Å²) in [6.45, 7) is 2.36. The zero-order valence-electron chi connectivity index (χ0n) is 14.4. The molecule has 0 bridgehead atoms.